The third-order valence-corrected chi connectivity index (χ3v) is 6.90. The molecule has 11 heteroatoms. The molecule has 0 aliphatic carbocycles. The predicted molar refractivity (Wildman–Crippen MR) is 172 cm³/mol. The third-order valence-electron chi connectivity index (χ3n) is 6.90. The first-order valence-electron chi connectivity index (χ1n) is 16.0. The van der Waals surface area contributed by atoms with Crippen LogP contribution in [0.2, 0.25) is 0 Å². The maximum atomic E-state index is 13.2. The zero-order valence-corrected chi connectivity index (χ0v) is 27.4. The van der Waals surface area contributed by atoms with E-state index in [0.717, 1.165) is 63.4 Å². The molecule has 11 nitrogen and oxygen atoms in total. The van der Waals surface area contributed by atoms with Gasteiger partial charge in [-0.3, -0.25) is 9.59 Å². The maximum Gasteiger partial charge on any atom is 0.505 e. The van der Waals surface area contributed by atoms with Crippen molar-refractivity contribution in [2.45, 2.75) is 117 Å². The lowest BCUT2D eigenvalue weighted by molar-refractivity contribution is -0.125. The number of anilines is 1. The van der Waals surface area contributed by atoms with Gasteiger partial charge in [0.05, 0.1) is 12.6 Å². The first kappa shape index (κ1) is 38.7. The highest BCUT2D eigenvalue weighted by Gasteiger charge is 2.20. The van der Waals surface area contributed by atoms with E-state index in [1.165, 1.54) is 0 Å². The highest BCUT2D eigenvalue weighted by Crippen LogP contribution is 2.20. The Hall–Kier alpha value is -3.34. The molecular weight excluding hydrogens is 564 g/mol. The normalized spacial score (nSPS) is 12.7. The predicted octanol–water partition coefficient (Wildman–Crippen LogP) is 6.00. The number of rotatable bonds is 21. The third kappa shape index (κ3) is 19.8. The molecule has 0 spiro atoms. The van der Waals surface area contributed by atoms with E-state index in [1.807, 2.05) is 38.1 Å². The summed E-state index contributed by atoms with van der Waals surface area (Å²) >= 11 is 0. The summed E-state index contributed by atoms with van der Waals surface area (Å²) in [5.74, 6) is -0.176. The van der Waals surface area contributed by atoms with Gasteiger partial charge in [-0.2, -0.15) is 0 Å². The van der Waals surface area contributed by atoms with Crippen LogP contribution >= 0.6 is 0 Å². The molecule has 0 aromatic heterocycles. The van der Waals surface area contributed by atoms with E-state index in [0.29, 0.717) is 31.0 Å². The van der Waals surface area contributed by atoms with Crippen LogP contribution in [-0.4, -0.2) is 60.5 Å². The number of nitrogens with two attached hydrogens (primary N) is 1. The Morgan fingerprint density at radius 1 is 0.841 bits per heavy atom. The largest absolute Gasteiger partial charge is 0.505 e. The van der Waals surface area contributed by atoms with Crippen LogP contribution < -0.4 is 21.7 Å². The molecule has 0 aliphatic rings. The average Bonchev–Trinajstić information content (AvgIpc) is 2.92. The Balaban J connectivity index is 2.59. The zero-order chi connectivity index (χ0) is 33.0. The summed E-state index contributed by atoms with van der Waals surface area (Å²) in [6.07, 6.45) is 8.11. The van der Waals surface area contributed by atoms with Crippen LogP contribution in [0.4, 0.5) is 15.3 Å². The molecular formula is C33H56N4O7. The van der Waals surface area contributed by atoms with E-state index in [9.17, 15) is 19.2 Å². The minimum absolute atomic E-state index is 0.0587. The van der Waals surface area contributed by atoms with E-state index >= 15 is 0 Å². The molecule has 2 atom stereocenters. The molecule has 0 bridgehead atoms. The Bertz CT molecular complexity index is 993. The number of benzene rings is 1. The number of amides is 3. The standard InChI is InChI=1S/C33H56N4O7/c1-24(2)22-28(34)30(39)37-27-17-15-25(16-18-27)23-26(29(38)35-19-20-36-31(40)44-33(3,4)5)14-12-10-8-6-7-9-11-13-21-43-32(41)42/h15-18,24,26,28H,6-14,19-23,34H2,1-5H3,(H,35,38)(H,36,40)(H,37,39)(H,41,42)/t26?,28-/m0/s1. The second-order valence-corrected chi connectivity index (χ2v) is 12.8. The van der Waals surface area contributed by atoms with Crippen molar-refractivity contribution in [3.05, 3.63) is 29.8 Å². The number of hydrogen-bond donors (Lipinski definition) is 5. The number of ether oxygens (including phenoxy) is 2. The lowest BCUT2D eigenvalue weighted by Gasteiger charge is -2.20. The summed E-state index contributed by atoms with van der Waals surface area (Å²) in [6, 6.07) is 6.96. The van der Waals surface area contributed by atoms with Crippen molar-refractivity contribution >= 4 is 29.8 Å². The van der Waals surface area contributed by atoms with Gasteiger partial charge >= 0.3 is 12.2 Å². The number of carboxylic acid groups (broad SMARTS) is 1. The number of alkyl carbamates (subject to hydrolysis) is 1. The van der Waals surface area contributed by atoms with Crippen molar-refractivity contribution in [1.29, 1.82) is 0 Å². The van der Waals surface area contributed by atoms with Gasteiger partial charge in [0, 0.05) is 24.7 Å². The first-order chi connectivity index (χ1) is 20.8. The second-order valence-electron chi connectivity index (χ2n) is 12.8. The highest BCUT2D eigenvalue weighted by molar-refractivity contribution is 5.94. The van der Waals surface area contributed by atoms with Crippen LogP contribution in [0.15, 0.2) is 24.3 Å². The van der Waals surface area contributed by atoms with Gasteiger partial charge in [-0.05, 0) is 70.1 Å². The number of nitrogens with one attached hydrogen (secondary N) is 3. The summed E-state index contributed by atoms with van der Waals surface area (Å²) in [6.45, 7) is 10.2. The molecule has 44 heavy (non-hydrogen) atoms. The van der Waals surface area contributed by atoms with Gasteiger partial charge in [0.15, 0.2) is 0 Å². The molecule has 3 amide bonds. The van der Waals surface area contributed by atoms with Gasteiger partial charge in [-0.1, -0.05) is 70.9 Å². The molecule has 1 rings (SSSR count). The van der Waals surface area contributed by atoms with E-state index < -0.39 is 23.9 Å². The van der Waals surface area contributed by atoms with Crippen molar-refractivity contribution in [2.75, 3.05) is 25.0 Å². The Kier molecular flexibility index (Phi) is 18.8. The molecule has 6 N–H and O–H groups in total. The summed E-state index contributed by atoms with van der Waals surface area (Å²) < 4.78 is 9.76. The van der Waals surface area contributed by atoms with Gasteiger partial charge < -0.3 is 36.3 Å². The summed E-state index contributed by atoms with van der Waals surface area (Å²) in [5, 5.41) is 17.0. The van der Waals surface area contributed by atoms with Gasteiger partial charge in [0.2, 0.25) is 11.8 Å². The number of carbonyl (C=O) groups excluding carboxylic acids is 3. The van der Waals surface area contributed by atoms with Gasteiger partial charge in [0.1, 0.15) is 5.60 Å². The minimum atomic E-state index is -1.22. The lowest BCUT2D eigenvalue weighted by atomic mass is 9.92. The number of hydrogen-bond acceptors (Lipinski definition) is 7. The Morgan fingerprint density at radius 3 is 1.98 bits per heavy atom. The van der Waals surface area contributed by atoms with E-state index in [4.69, 9.17) is 15.6 Å². The Morgan fingerprint density at radius 2 is 1.41 bits per heavy atom. The van der Waals surface area contributed by atoms with Crippen LogP contribution in [-0.2, 0) is 25.5 Å². The first-order valence-corrected chi connectivity index (χ1v) is 16.0. The molecule has 0 saturated carbocycles. The molecule has 0 heterocycles. The van der Waals surface area contributed by atoms with Crippen molar-refractivity contribution in [3.8, 4) is 0 Å². The fourth-order valence-electron chi connectivity index (χ4n) is 4.71. The van der Waals surface area contributed by atoms with Crippen molar-refractivity contribution in [2.24, 2.45) is 17.6 Å². The fraction of sp³-hybridized carbons (Fsp3) is 0.697. The molecule has 250 valence electrons. The van der Waals surface area contributed by atoms with Crippen LogP contribution in [0.5, 0.6) is 0 Å². The van der Waals surface area contributed by atoms with E-state index in [2.05, 4.69) is 20.7 Å². The lowest BCUT2D eigenvalue weighted by Crippen LogP contribution is -2.40. The van der Waals surface area contributed by atoms with Crippen molar-refractivity contribution < 1.29 is 33.8 Å². The highest BCUT2D eigenvalue weighted by atomic mass is 16.7. The quantitative estimate of drug-likeness (QED) is 0.0823. The maximum absolute atomic E-state index is 13.2. The molecule has 1 unspecified atom stereocenters. The Labute approximate surface area is 263 Å². The summed E-state index contributed by atoms with van der Waals surface area (Å²) in [5.41, 5.74) is 7.07. The van der Waals surface area contributed by atoms with E-state index in [1.54, 1.807) is 20.8 Å². The monoisotopic (exact) mass is 620 g/mol. The molecule has 1 aromatic rings. The number of carbonyl (C=O) groups is 4. The average molecular weight is 621 g/mol. The molecule has 0 saturated heterocycles. The topological polar surface area (TPSA) is 169 Å². The van der Waals surface area contributed by atoms with Gasteiger partial charge in [0.25, 0.3) is 0 Å². The van der Waals surface area contributed by atoms with Gasteiger partial charge in [-0.25, -0.2) is 9.59 Å². The fourth-order valence-corrected chi connectivity index (χ4v) is 4.71. The summed E-state index contributed by atoms with van der Waals surface area (Å²) in [4.78, 5) is 47.8. The molecule has 0 radical (unpaired) electrons. The zero-order valence-electron chi connectivity index (χ0n) is 27.4. The second kappa shape index (κ2) is 21.4. The number of unbranched alkanes of at least 4 members (excludes halogenated alkanes) is 7. The molecule has 1 aromatic carbocycles. The van der Waals surface area contributed by atoms with Crippen LogP contribution in [0.3, 0.4) is 0 Å². The van der Waals surface area contributed by atoms with Crippen LogP contribution in [0.1, 0.15) is 104 Å². The van der Waals surface area contributed by atoms with Gasteiger partial charge in [-0.15, -0.1) is 0 Å². The van der Waals surface area contributed by atoms with Crippen LogP contribution in [0.25, 0.3) is 0 Å². The molecule has 0 fully saturated rings. The van der Waals surface area contributed by atoms with Crippen LogP contribution in [0, 0.1) is 11.8 Å². The smallest absolute Gasteiger partial charge is 0.450 e. The summed E-state index contributed by atoms with van der Waals surface area (Å²) in [7, 11) is 0. The minimum Gasteiger partial charge on any atom is -0.450 e. The van der Waals surface area contributed by atoms with Crippen molar-refractivity contribution in [1.82, 2.24) is 10.6 Å². The van der Waals surface area contributed by atoms with E-state index in [-0.39, 0.29) is 30.9 Å². The van der Waals surface area contributed by atoms with Crippen molar-refractivity contribution in [3.63, 3.8) is 0 Å². The SMILES string of the molecule is CC(C)C[C@H](N)C(=O)Nc1ccc(CC(CCCCCCCCCCOC(=O)O)C(=O)NCCNC(=O)OC(C)(C)C)cc1. The molecule has 0 aliphatic heterocycles.